The summed E-state index contributed by atoms with van der Waals surface area (Å²) in [5, 5.41) is 47.2. The highest BCUT2D eigenvalue weighted by atomic mass is 32.2. The number of amides is 15. The van der Waals surface area contributed by atoms with Gasteiger partial charge in [0, 0.05) is 96.6 Å². The number of phenolic OH excluding ortho intramolecular Hbond substituents is 1. The Bertz CT molecular complexity index is 5390. The maximum Gasteiger partial charge on any atom is 0.305 e. The summed E-state index contributed by atoms with van der Waals surface area (Å²) < 4.78 is 0. The number of nitrogens with one attached hydrogen (secondary N) is 10. The van der Waals surface area contributed by atoms with Crippen LogP contribution in [0.1, 0.15) is 100 Å². The summed E-state index contributed by atoms with van der Waals surface area (Å²) in [5.74, 6) is -17.0. The number of rotatable bonds is 23. The molecule has 8 aromatic rings. The summed E-state index contributed by atoms with van der Waals surface area (Å²) in [7, 11) is 6.64. The maximum absolute atomic E-state index is 15.6. The van der Waals surface area contributed by atoms with Gasteiger partial charge in [-0.2, -0.15) is 0 Å². The van der Waals surface area contributed by atoms with Gasteiger partial charge in [-0.25, -0.2) is 0 Å². The quantitative estimate of drug-likeness (QED) is 0.0433. The Balaban J connectivity index is 1.12. The van der Waals surface area contributed by atoms with Crippen LogP contribution in [-0.4, -0.2) is 267 Å². The molecule has 1 saturated heterocycles. The van der Waals surface area contributed by atoms with Gasteiger partial charge in [0.1, 0.15) is 72.2 Å². The van der Waals surface area contributed by atoms with Gasteiger partial charge in [-0.05, 0) is 87.0 Å². The molecule has 9 rings (SSSR count). The summed E-state index contributed by atoms with van der Waals surface area (Å²) >= 11 is 0.836. The molecule has 34 nitrogen and oxygen atoms in total. The molecular formula is C97H120N16O18S. The van der Waals surface area contributed by atoms with Gasteiger partial charge in [-0.3, -0.25) is 76.7 Å². The number of carbonyl (C=O) groups is 16. The van der Waals surface area contributed by atoms with Gasteiger partial charge < -0.3 is 93.3 Å². The van der Waals surface area contributed by atoms with E-state index in [1.807, 2.05) is 43.3 Å². The van der Waals surface area contributed by atoms with Crippen molar-refractivity contribution < 1.29 is 86.9 Å². The molecule has 2 heterocycles. The van der Waals surface area contributed by atoms with E-state index in [4.69, 9.17) is 5.73 Å². The Morgan fingerprint density at radius 1 is 0.462 bits per heavy atom. The van der Waals surface area contributed by atoms with E-state index in [0.717, 1.165) is 37.2 Å². The molecule has 15 amide bonds. The zero-order valence-corrected chi connectivity index (χ0v) is 76.7. The molecule has 1 fully saturated rings. The van der Waals surface area contributed by atoms with Gasteiger partial charge in [0.15, 0.2) is 0 Å². The maximum atomic E-state index is 15.6. The van der Waals surface area contributed by atoms with Gasteiger partial charge in [0.05, 0.1) is 31.8 Å². The largest absolute Gasteiger partial charge is 0.508 e. The fraction of sp³-hybridized carbons (Fsp3) is 0.402. The third kappa shape index (κ3) is 29.8. The third-order valence-electron chi connectivity index (χ3n) is 22.9. The van der Waals surface area contributed by atoms with E-state index in [1.165, 1.54) is 69.3 Å². The number of carbonyl (C=O) groups excluding carboxylic acids is 15. The average Bonchev–Trinajstić information content (AvgIpc) is 0.931. The number of aliphatic carboxylic acids is 1. The third-order valence-corrected chi connectivity index (χ3v) is 24.0. The fourth-order valence-corrected chi connectivity index (χ4v) is 16.5. The van der Waals surface area contributed by atoms with Crippen LogP contribution in [0.4, 0.5) is 0 Å². The number of unbranched alkanes of at least 4 members (excludes halogenated alkanes) is 1. The predicted octanol–water partition coefficient (Wildman–Crippen LogP) is 3.77. The number of aromatic amines is 1. The van der Waals surface area contributed by atoms with Crippen molar-refractivity contribution in [1.82, 2.24) is 77.3 Å². The molecule has 0 saturated carbocycles. The Morgan fingerprint density at radius 3 is 1.54 bits per heavy atom. The lowest BCUT2D eigenvalue weighted by Crippen LogP contribution is -2.61. The molecule has 1 aliphatic heterocycles. The van der Waals surface area contributed by atoms with Crippen LogP contribution in [0.3, 0.4) is 0 Å². The molecule has 0 bridgehead atoms. The number of hydrogen-bond donors (Lipinski definition) is 13. The number of thioether (sulfide) groups is 1. The van der Waals surface area contributed by atoms with Crippen LogP contribution in [0, 0.1) is 11.8 Å². The number of benzene rings is 7. The van der Waals surface area contributed by atoms with Crippen LogP contribution in [-0.2, 0) is 115 Å². The van der Waals surface area contributed by atoms with Crippen molar-refractivity contribution in [3.63, 3.8) is 0 Å². The van der Waals surface area contributed by atoms with Crippen molar-refractivity contribution in [2.24, 2.45) is 17.6 Å². The average molecular weight is 1830 g/mol. The molecule has 132 heavy (non-hydrogen) atoms. The normalized spacial score (nSPS) is 21.7. The summed E-state index contributed by atoms with van der Waals surface area (Å²) in [6.45, 7) is 6.28. The van der Waals surface area contributed by atoms with Crippen molar-refractivity contribution in [3.05, 3.63) is 222 Å². The molecule has 11 atom stereocenters. The number of aromatic hydroxyl groups is 1. The monoisotopic (exact) mass is 1830 g/mol. The van der Waals surface area contributed by atoms with Crippen molar-refractivity contribution in [2.75, 3.05) is 66.4 Å². The highest BCUT2D eigenvalue weighted by Gasteiger charge is 2.42. The van der Waals surface area contributed by atoms with Gasteiger partial charge >= 0.3 is 5.97 Å². The first-order valence-corrected chi connectivity index (χ1v) is 45.1. The standard InChI is InChI=1S/C97H120N16O18S/c1-11-12-36-78-95(129)110(7)55-83(117)102-74(51-85(119)120)91(125)108-86(59(4)5)97(131)112(9)79(48-61-28-18-14-19-29-61)92(126)106-75(47-64-37-40-65-32-22-23-33-66(65)44-64)93(127)109(6)54-82(116)101-73(50-67-52-99-70-35-25-24-34-69(67)70)90(124)105-72(45-63-38-41-68(114)42-39-63)89(123)104-71(43-58(2)3)88(122)107-77(87(121)100-53-81(98)115)56-132-57-84(118)103-76(46-60-26-16-13-17-27-60)94(128)113(10)80(96(130)111(78)8)49-62-30-20-15-21-31-62/h13-35,37-42,44,52,58-59,71-80,86,99,114H,11-12,36,43,45-51,53-57H2,1-10H3,(H2,98,115)(H,100,121)(H,101,116)(H,102,117)(H,103,118)(H,104,123)(H,105,124)(H,106,126)(H,107,122)(H,108,125)(H,119,120)/t71-,72-,73-,74-,75-,76-,77-,78-,79?,80-,86-/m0/s1. The second-order valence-corrected chi connectivity index (χ2v) is 35.1. The predicted molar refractivity (Wildman–Crippen MR) is 498 cm³/mol. The molecule has 0 aliphatic carbocycles. The van der Waals surface area contributed by atoms with Gasteiger partial charge in [-0.15, -0.1) is 11.8 Å². The van der Waals surface area contributed by atoms with Crippen LogP contribution < -0.4 is 53.6 Å². The number of para-hydroxylation sites is 1. The number of H-pyrrole nitrogens is 1. The topological polar surface area (TPSA) is 480 Å². The van der Waals surface area contributed by atoms with E-state index in [9.17, 15) is 39.0 Å². The number of nitrogens with two attached hydrogens (primary N) is 1. The molecule has 1 aromatic heterocycles. The first kappa shape index (κ1) is 102. The van der Waals surface area contributed by atoms with E-state index in [2.05, 4.69) is 52.8 Å². The molecule has 1 unspecified atom stereocenters. The highest BCUT2D eigenvalue weighted by molar-refractivity contribution is 8.00. The number of carboxylic acid groups (broad SMARTS) is 1. The molecule has 1 aliphatic rings. The second kappa shape index (κ2) is 49.1. The summed E-state index contributed by atoms with van der Waals surface area (Å²) in [4.78, 5) is 245. The van der Waals surface area contributed by atoms with Crippen molar-refractivity contribution in [1.29, 1.82) is 0 Å². The first-order chi connectivity index (χ1) is 62.9. The molecular weight excluding hydrogens is 1710 g/mol. The van der Waals surface area contributed by atoms with Crippen LogP contribution in [0.5, 0.6) is 5.75 Å². The first-order valence-electron chi connectivity index (χ1n) is 43.9. The van der Waals surface area contributed by atoms with Gasteiger partial charge in [0.2, 0.25) is 88.6 Å². The van der Waals surface area contributed by atoms with Gasteiger partial charge in [0.25, 0.3) is 0 Å². The molecule has 0 radical (unpaired) electrons. The minimum atomic E-state index is -1.90. The SMILES string of the molecule is CCCC[C@H]1C(=O)N(C)CC(=O)N[C@@H](CC(=O)O)C(=O)N[C@@H](C(C)C)C(=O)N(C)C(Cc2ccccc2)C(=O)N[C@@H](Cc2ccc3ccccc3c2)C(=O)N(C)CC(=O)N[C@@H](Cc2c[nH]c3ccccc23)C(=O)N[C@@H](Cc2ccc(O)cc2)C(=O)N[C@@H](CC(C)C)C(=O)N[C@H](C(=O)NCC(N)=O)CSCC(=O)N[C@@H](Cc2ccccc2)C(=O)N(C)[C@@H](Cc2ccccc2)C(=O)N1C. The van der Waals surface area contributed by atoms with E-state index in [0.29, 0.717) is 57.1 Å². The molecule has 7 aromatic carbocycles. The van der Waals surface area contributed by atoms with E-state index < -0.39 is 199 Å². The lowest BCUT2D eigenvalue weighted by atomic mass is 9.97. The minimum absolute atomic E-state index is 0.0354. The molecule has 0 spiro atoms. The number of likely N-dealkylation sites (N-methyl/N-ethyl adjacent to an activating group) is 5. The highest BCUT2D eigenvalue weighted by Crippen LogP contribution is 2.25. The van der Waals surface area contributed by atoms with Crippen LogP contribution in [0.2, 0.25) is 0 Å². The van der Waals surface area contributed by atoms with Gasteiger partial charge in [-0.1, -0.05) is 211 Å². The number of nitrogens with zero attached hydrogens (tertiary/aromatic N) is 5. The Kier molecular flexibility index (Phi) is 37.9. The number of hydrogen-bond acceptors (Lipinski definition) is 18. The Morgan fingerprint density at radius 2 is 0.939 bits per heavy atom. The zero-order valence-electron chi connectivity index (χ0n) is 75.9. The smallest absolute Gasteiger partial charge is 0.305 e. The lowest BCUT2D eigenvalue weighted by Gasteiger charge is -2.37. The Hall–Kier alpha value is -14.0. The number of phenols is 1. The second-order valence-electron chi connectivity index (χ2n) is 34.1. The number of aromatic nitrogens is 1. The van der Waals surface area contributed by atoms with Crippen LogP contribution in [0.25, 0.3) is 21.7 Å². The van der Waals surface area contributed by atoms with Crippen molar-refractivity contribution in [2.45, 2.75) is 172 Å². The Labute approximate surface area is 771 Å². The fourth-order valence-electron chi connectivity index (χ4n) is 15.7. The van der Waals surface area contributed by atoms with E-state index in [1.54, 1.807) is 155 Å². The number of carboxylic acids is 1. The van der Waals surface area contributed by atoms with E-state index in [-0.39, 0.29) is 68.8 Å². The summed E-state index contributed by atoms with van der Waals surface area (Å²) in [6, 6.07) is 34.8. The summed E-state index contributed by atoms with van der Waals surface area (Å²) in [6.07, 6.45) is 0.287. The summed E-state index contributed by atoms with van der Waals surface area (Å²) in [5.41, 5.74) is 9.35. The zero-order chi connectivity index (χ0) is 96.0. The minimum Gasteiger partial charge on any atom is -0.508 e. The molecule has 702 valence electrons. The molecule has 14 N–H and O–H groups in total. The molecule has 35 heteroatoms. The van der Waals surface area contributed by atoms with Crippen molar-refractivity contribution in [3.8, 4) is 5.75 Å². The lowest BCUT2D eigenvalue weighted by molar-refractivity contribution is -0.151. The number of primary amides is 1. The van der Waals surface area contributed by atoms with Crippen molar-refractivity contribution >= 4 is 128 Å². The van der Waals surface area contributed by atoms with Crippen LogP contribution in [0.15, 0.2) is 188 Å². The number of fused-ring (bicyclic) bond motifs is 2. The van der Waals surface area contributed by atoms with E-state index >= 15 is 47.9 Å². The van der Waals surface area contributed by atoms with Crippen LogP contribution >= 0.6 is 11.8 Å².